The van der Waals surface area contributed by atoms with Crippen LogP contribution < -0.4 is 0 Å². The van der Waals surface area contributed by atoms with E-state index in [0.717, 1.165) is 5.56 Å². The quantitative estimate of drug-likeness (QED) is 0.798. The van der Waals surface area contributed by atoms with Gasteiger partial charge in [0, 0.05) is 6.54 Å². The van der Waals surface area contributed by atoms with Gasteiger partial charge in [-0.1, -0.05) is 41.9 Å². The summed E-state index contributed by atoms with van der Waals surface area (Å²) in [6.07, 6.45) is 1.53. The van der Waals surface area contributed by atoms with E-state index < -0.39 is 5.41 Å². The predicted octanol–water partition coefficient (Wildman–Crippen LogP) is 3.72. The fourth-order valence-corrected chi connectivity index (χ4v) is 2.34. The molecular formula is C15H17ClN2O. The van der Waals surface area contributed by atoms with Gasteiger partial charge in [-0.05, 0) is 26.3 Å². The number of Topliss-reactive ketones (excluding diaryl/α,β-unsaturated/α-hetero) is 1. The molecule has 0 aliphatic rings. The van der Waals surface area contributed by atoms with E-state index in [0.29, 0.717) is 17.3 Å². The number of carbonyl (C=O) groups is 1. The van der Waals surface area contributed by atoms with Gasteiger partial charge in [0.15, 0.2) is 5.78 Å². The molecule has 0 bridgehead atoms. The highest BCUT2D eigenvalue weighted by Gasteiger charge is 2.34. The Morgan fingerprint density at radius 3 is 2.53 bits per heavy atom. The first kappa shape index (κ1) is 13.8. The molecule has 4 heteroatoms. The van der Waals surface area contributed by atoms with Crippen molar-refractivity contribution in [1.29, 1.82) is 0 Å². The summed E-state index contributed by atoms with van der Waals surface area (Å²) in [5, 5.41) is 4.54. The van der Waals surface area contributed by atoms with Crippen LogP contribution in [0.4, 0.5) is 0 Å². The third-order valence-electron chi connectivity index (χ3n) is 3.37. The molecule has 0 amide bonds. The van der Waals surface area contributed by atoms with Crippen molar-refractivity contribution < 1.29 is 4.79 Å². The highest BCUT2D eigenvalue weighted by Crippen LogP contribution is 2.30. The maximum absolute atomic E-state index is 12.8. The van der Waals surface area contributed by atoms with Gasteiger partial charge in [0.1, 0.15) is 5.69 Å². The first-order chi connectivity index (χ1) is 8.98. The molecule has 0 aliphatic heterocycles. The van der Waals surface area contributed by atoms with Crippen LogP contribution in [-0.4, -0.2) is 15.6 Å². The van der Waals surface area contributed by atoms with Gasteiger partial charge in [-0.3, -0.25) is 9.48 Å². The van der Waals surface area contributed by atoms with Crippen molar-refractivity contribution in [3.8, 4) is 0 Å². The minimum atomic E-state index is -0.627. The zero-order valence-corrected chi connectivity index (χ0v) is 12.1. The summed E-state index contributed by atoms with van der Waals surface area (Å²) in [4.78, 5) is 12.8. The van der Waals surface area contributed by atoms with Crippen LogP contribution in [0.2, 0.25) is 5.02 Å². The summed E-state index contributed by atoms with van der Waals surface area (Å²) >= 11 is 6.11. The van der Waals surface area contributed by atoms with Gasteiger partial charge in [0.25, 0.3) is 0 Å². The zero-order valence-electron chi connectivity index (χ0n) is 11.4. The molecule has 0 atom stereocenters. The van der Waals surface area contributed by atoms with Crippen molar-refractivity contribution in [1.82, 2.24) is 9.78 Å². The Labute approximate surface area is 118 Å². The van der Waals surface area contributed by atoms with E-state index in [1.54, 1.807) is 4.68 Å². The van der Waals surface area contributed by atoms with Crippen LogP contribution in [0.5, 0.6) is 0 Å². The molecule has 0 saturated heterocycles. The first-order valence-corrected chi connectivity index (χ1v) is 6.68. The lowest BCUT2D eigenvalue weighted by molar-refractivity contribution is 0.0898. The van der Waals surface area contributed by atoms with Crippen LogP contribution >= 0.6 is 11.6 Å². The Kier molecular flexibility index (Phi) is 3.76. The van der Waals surface area contributed by atoms with E-state index in [2.05, 4.69) is 5.10 Å². The monoisotopic (exact) mass is 276 g/mol. The van der Waals surface area contributed by atoms with Crippen LogP contribution in [0.1, 0.15) is 36.8 Å². The maximum Gasteiger partial charge on any atom is 0.192 e. The van der Waals surface area contributed by atoms with E-state index in [1.807, 2.05) is 51.1 Å². The average Bonchev–Trinajstić information content (AvgIpc) is 2.79. The number of hydrogen-bond donors (Lipinski definition) is 0. The summed E-state index contributed by atoms with van der Waals surface area (Å²) in [5.41, 5.74) is 0.829. The van der Waals surface area contributed by atoms with Crippen molar-refractivity contribution in [3.63, 3.8) is 0 Å². The molecule has 2 aromatic rings. The van der Waals surface area contributed by atoms with E-state index in [1.165, 1.54) is 6.20 Å². The largest absolute Gasteiger partial charge is 0.291 e. The molecule has 1 aromatic heterocycles. The fraction of sp³-hybridized carbons (Fsp3) is 0.333. The van der Waals surface area contributed by atoms with Crippen LogP contribution in [0.3, 0.4) is 0 Å². The fourth-order valence-electron chi connectivity index (χ4n) is 2.11. The second-order valence-corrected chi connectivity index (χ2v) is 5.38. The minimum Gasteiger partial charge on any atom is -0.291 e. The molecule has 0 unspecified atom stereocenters. The number of hydrogen-bond acceptors (Lipinski definition) is 2. The topological polar surface area (TPSA) is 34.9 Å². The second-order valence-electron chi connectivity index (χ2n) is 4.98. The van der Waals surface area contributed by atoms with Gasteiger partial charge in [0.05, 0.1) is 16.6 Å². The number of carbonyl (C=O) groups excluding carboxylic acids is 1. The third-order valence-corrected chi connectivity index (χ3v) is 3.65. The number of nitrogens with zero attached hydrogens (tertiary/aromatic N) is 2. The predicted molar refractivity (Wildman–Crippen MR) is 76.7 cm³/mol. The number of halogens is 1. The normalized spacial score (nSPS) is 11.6. The van der Waals surface area contributed by atoms with Crippen molar-refractivity contribution in [2.75, 3.05) is 0 Å². The lowest BCUT2D eigenvalue weighted by atomic mass is 9.79. The van der Waals surface area contributed by atoms with Gasteiger partial charge in [-0.15, -0.1) is 0 Å². The van der Waals surface area contributed by atoms with Gasteiger partial charge in [-0.25, -0.2) is 0 Å². The lowest BCUT2D eigenvalue weighted by Gasteiger charge is -2.24. The molecule has 0 saturated carbocycles. The molecule has 0 fully saturated rings. The maximum atomic E-state index is 12.8. The summed E-state index contributed by atoms with van der Waals surface area (Å²) < 4.78 is 1.65. The average molecular weight is 277 g/mol. The number of aryl methyl sites for hydroxylation is 1. The van der Waals surface area contributed by atoms with Crippen LogP contribution in [-0.2, 0) is 12.0 Å². The van der Waals surface area contributed by atoms with Crippen LogP contribution in [0.25, 0.3) is 0 Å². The summed E-state index contributed by atoms with van der Waals surface area (Å²) in [7, 11) is 0. The van der Waals surface area contributed by atoms with E-state index in [4.69, 9.17) is 11.6 Å². The van der Waals surface area contributed by atoms with Crippen LogP contribution in [0, 0.1) is 0 Å². The Morgan fingerprint density at radius 2 is 1.95 bits per heavy atom. The number of benzene rings is 1. The Bertz CT molecular complexity index is 587. The summed E-state index contributed by atoms with van der Waals surface area (Å²) in [6, 6.07) is 9.72. The smallest absolute Gasteiger partial charge is 0.192 e. The molecular weight excluding hydrogens is 260 g/mol. The van der Waals surface area contributed by atoms with E-state index in [9.17, 15) is 4.79 Å². The number of aromatic nitrogens is 2. The molecule has 2 rings (SSSR count). The van der Waals surface area contributed by atoms with Crippen molar-refractivity contribution >= 4 is 17.4 Å². The van der Waals surface area contributed by atoms with E-state index in [-0.39, 0.29) is 5.78 Å². The molecule has 19 heavy (non-hydrogen) atoms. The Hall–Kier alpha value is -1.61. The van der Waals surface area contributed by atoms with Crippen molar-refractivity contribution in [2.24, 2.45) is 0 Å². The van der Waals surface area contributed by atoms with Gasteiger partial charge >= 0.3 is 0 Å². The Morgan fingerprint density at radius 1 is 1.32 bits per heavy atom. The zero-order chi connectivity index (χ0) is 14.0. The highest BCUT2D eigenvalue weighted by atomic mass is 35.5. The second kappa shape index (κ2) is 5.17. The van der Waals surface area contributed by atoms with Crippen molar-refractivity contribution in [2.45, 2.75) is 32.7 Å². The molecule has 0 radical (unpaired) electrons. The molecule has 100 valence electrons. The lowest BCUT2D eigenvalue weighted by Crippen LogP contribution is -2.31. The van der Waals surface area contributed by atoms with Crippen molar-refractivity contribution in [3.05, 3.63) is 52.8 Å². The van der Waals surface area contributed by atoms with E-state index >= 15 is 0 Å². The SMILES string of the molecule is CCn1ncc(Cl)c1C(=O)C(C)(C)c1ccccc1. The van der Waals surface area contributed by atoms with Gasteiger partial charge < -0.3 is 0 Å². The number of ketones is 1. The van der Waals surface area contributed by atoms with Gasteiger partial charge in [0.2, 0.25) is 0 Å². The molecule has 3 nitrogen and oxygen atoms in total. The van der Waals surface area contributed by atoms with Gasteiger partial charge in [-0.2, -0.15) is 5.10 Å². The minimum absolute atomic E-state index is 0.0111. The molecule has 1 aromatic carbocycles. The standard InChI is InChI=1S/C15H17ClN2O/c1-4-18-13(12(16)10-17-18)14(19)15(2,3)11-8-6-5-7-9-11/h5-10H,4H2,1-3H3. The Balaban J connectivity index is 2.46. The number of rotatable bonds is 4. The first-order valence-electron chi connectivity index (χ1n) is 6.30. The molecule has 0 spiro atoms. The molecule has 0 N–H and O–H groups in total. The summed E-state index contributed by atoms with van der Waals surface area (Å²) in [5.74, 6) is -0.0111. The summed E-state index contributed by atoms with van der Waals surface area (Å²) in [6.45, 7) is 6.39. The third kappa shape index (κ3) is 2.43. The van der Waals surface area contributed by atoms with Crippen LogP contribution in [0.15, 0.2) is 36.5 Å². The molecule has 0 aliphatic carbocycles. The molecule has 1 heterocycles. The highest BCUT2D eigenvalue weighted by molar-refractivity contribution is 6.34.